The fourth-order valence-electron chi connectivity index (χ4n) is 5.05. The second kappa shape index (κ2) is 10.1. The molecule has 10 heteroatoms. The predicted molar refractivity (Wildman–Crippen MR) is 138 cm³/mol. The molecule has 2 aromatic heterocycles. The van der Waals surface area contributed by atoms with Crippen molar-refractivity contribution in [3.8, 4) is 11.5 Å². The summed E-state index contributed by atoms with van der Waals surface area (Å²) < 4.78 is 5.71. The van der Waals surface area contributed by atoms with Crippen LogP contribution < -0.4 is 16.0 Å². The second-order valence-corrected chi connectivity index (χ2v) is 9.38. The molecule has 4 aromatic rings. The van der Waals surface area contributed by atoms with Crippen LogP contribution in [0, 0.1) is 0 Å². The second-order valence-electron chi connectivity index (χ2n) is 9.38. The largest absolute Gasteiger partial charge is 0.374 e. The predicted octanol–water partition coefficient (Wildman–Crippen LogP) is 2.95. The fraction of sp³-hybridized carbons (Fsp3) is 0.296. The number of carbonyl (C=O) groups excluding carboxylic acids is 1. The lowest BCUT2D eigenvalue weighted by atomic mass is 9.87. The van der Waals surface area contributed by atoms with Crippen molar-refractivity contribution in [3.05, 3.63) is 89.6 Å². The van der Waals surface area contributed by atoms with Gasteiger partial charge < -0.3 is 20.7 Å². The molecule has 0 unspecified atom stereocenters. The molecule has 1 atom stereocenters. The van der Waals surface area contributed by atoms with E-state index in [0.717, 1.165) is 48.6 Å². The summed E-state index contributed by atoms with van der Waals surface area (Å²) in [6, 6.07) is 17.3. The molecule has 4 heterocycles. The standard InChI is InChI=1S/C27H28N8O2/c36-25(31-23-16-37-15-19-4-1-2-7-21(19)23)18-5-3-6-20(14-18)33-27(9-12-28-13-10-27)26-32-24(34-35-26)22-8-11-29-17-30-22/h1-8,11,14,17,23,28,33H,9-10,12-13,15-16H2,(H,31,36)(H,32,34,35)/t23-/m0/s1. The van der Waals surface area contributed by atoms with Crippen LogP contribution in [0.15, 0.2) is 67.1 Å². The van der Waals surface area contributed by atoms with Gasteiger partial charge in [-0.05, 0) is 61.3 Å². The lowest BCUT2D eigenvalue weighted by Gasteiger charge is -2.37. The van der Waals surface area contributed by atoms with E-state index in [0.29, 0.717) is 30.3 Å². The van der Waals surface area contributed by atoms with Crippen molar-refractivity contribution in [1.82, 2.24) is 35.8 Å². The van der Waals surface area contributed by atoms with E-state index in [1.165, 1.54) is 6.33 Å². The smallest absolute Gasteiger partial charge is 0.251 e. The first kappa shape index (κ1) is 23.3. The highest BCUT2D eigenvalue weighted by molar-refractivity contribution is 5.95. The van der Waals surface area contributed by atoms with Gasteiger partial charge in [0.2, 0.25) is 0 Å². The van der Waals surface area contributed by atoms with Crippen LogP contribution in [0.3, 0.4) is 0 Å². The maximum Gasteiger partial charge on any atom is 0.251 e. The Morgan fingerprint density at radius 2 is 1.97 bits per heavy atom. The first-order valence-electron chi connectivity index (χ1n) is 12.4. The topological polar surface area (TPSA) is 130 Å². The number of nitrogens with one attached hydrogen (secondary N) is 4. The number of fused-ring (bicyclic) bond motifs is 1. The molecule has 0 radical (unpaired) electrons. The van der Waals surface area contributed by atoms with Crippen LogP contribution in [0.4, 0.5) is 5.69 Å². The van der Waals surface area contributed by atoms with Crippen LogP contribution in [0.1, 0.15) is 46.2 Å². The van der Waals surface area contributed by atoms with Gasteiger partial charge >= 0.3 is 0 Å². The molecule has 6 rings (SSSR count). The van der Waals surface area contributed by atoms with E-state index in [1.54, 1.807) is 12.3 Å². The zero-order valence-corrected chi connectivity index (χ0v) is 20.3. The van der Waals surface area contributed by atoms with Gasteiger partial charge in [-0.15, -0.1) is 0 Å². The number of aromatic nitrogens is 5. The Hall–Kier alpha value is -4.15. The molecule has 0 saturated carbocycles. The van der Waals surface area contributed by atoms with Gasteiger partial charge in [0.15, 0.2) is 11.6 Å². The summed E-state index contributed by atoms with van der Waals surface area (Å²) in [4.78, 5) is 26.3. The van der Waals surface area contributed by atoms with Gasteiger partial charge in [0.1, 0.15) is 12.0 Å². The van der Waals surface area contributed by atoms with Crippen molar-refractivity contribution >= 4 is 11.6 Å². The molecule has 1 fully saturated rings. The van der Waals surface area contributed by atoms with Gasteiger partial charge in [-0.2, -0.15) is 5.10 Å². The summed E-state index contributed by atoms with van der Waals surface area (Å²) in [5, 5.41) is 17.8. The van der Waals surface area contributed by atoms with Crippen molar-refractivity contribution in [2.45, 2.75) is 31.0 Å². The average molecular weight is 497 g/mol. The van der Waals surface area contributed by atoms with E-state index in [1.807, 2.05) is 42.5 Å². The number of aromatic amines is 1. The molecule has 188 valence electrons. The summed E-state index contributed by atoms with van der Waals surface area (Å²) in [5.74, 6) is 1.13. The third-order valence-electron chi connectivity index (χ3n) is 6.99. The van der Waals surface area contributed by atoms with Crippen LogP contribution in [-0.4, -0.2) is 50.8 Å². The molecule has 1 amide bonds. The zero-order chi connectivity index (χ0) is 25.1. The fourth-order valence-corrected chi connectivity index (χ4v) is 5.05. The molecule has 0 bridgehead atoms. The number of carbonyl (C=O) groups is 1. The number of nitrogens with zero attached hydrogens (tertiary/aromatic N) is 4. The summed E-state index contributed by atoms with van der Waals surface area (Å²) in [7, 11) is 0. The number of ether oxygens (including phenoxy) is 1. The highest BCUT2D eigenvalue weighted by Crippen LogP contribution is 2.34. The minimum Gasteiger partial charge on any atom is -0.374 e. The first-order chi connectivity index (χ1) is 18.2. The summed E-state index contributed by atoms with van der Waals surface area (Å²) in [5.41, 5.74) is 3.83. The van der Waals surface area contributed by atoms with Crippen LogP contribution in [0.2, 0.25) is 0 Å². The Bertz CT molecular complexity index is 1380. The minimum absolute atomic E-state index is 0.140. The Morgan fingerprint density at radius 1 is 1.08 bits per heavy atom. The Morgan fingerprint density at radius 3 is 2.84 bits per heavy atom. The highest BCUT2D eigenvalue weighted by atomic mass is 16.5. The maximum absolute atomic E-state index is 13.2. The third-order valence-corrected chi connectivity index (χ3v) is 6.99. The summed E-state index contributed by atoms with van der Waals surface area (Å²) in [6.45, 7) is 2.69. The van der Waals surface area contributed by atoms with E-state index < -0.39 is 5.54 Å². The van der Waals surface area contributed by atoms with Crippen LogP contribution in [0.25, 0.3) is 11.5 Å². The molecule has 1 saturated heterocycles. The van der Waals surface area contributed by atoms with Crippen molar-refractivity contribution in [1.29, 1.82) is 0 Å². The number of piperidine rings is 1. The average Bonchev–Trinajstić information content (AvgIpc) is 3.46. The van der Waals surface area contributed by atoms with Gasteiger partial charge in [0.25, 0.3) is 5.91 Å². The van der Waals surface area contributed by atoms with Crippen LogP contribution in [0.5, 0.6) is 0 Å². The zero-order valence-electron chi connectivity index (χ0n) is 20.3. The van der Waals surface area contributed by atoms with Gasteiger partial charge in [-0.3, -0.25) is 9.89 Å². The van der Waals surface area contributed by atoms with E-state index in [4.69, 9.17) is 9.72 Å². The van der Waals surface area contributed by atoms with Crippen molar-refractivity contribution in [2.24, 2.45) is 0 Å². The molecular weight excluding hydrogens is 468 g/mol. The number of benzene rings is 2. The molecule has 2 aliphatic rings. The highest BCUT2D eigenvalue weighted by Gasteiger charge is 2.37. The monoisotopic (exact) mass is 496 g/mol. The number of hydrogen-bond donors (Lipinski definition) is 4. The Balaban J connectivity index is 1.23. The van der Waals surface area contributed by atoms with E-state index in [9.17, 15) is 4.79 Å². The molecule has 0 spiro atoms. The van der Waals surface area contributed by atoms with E-state index in [-0.39, 0.29) is 11.9 Å². The SMILES string of the molecule is O=C(N[C@H]1COCc2ccccc21)c1cccc(NC2(c3nc(-c4ccncn4)n[nH]3)CCNCC2)c1. The summed E-state index contributed by atoms with van der Waals surface area (Å²) in [6.07, 6.45) is 4.76. The summed E-state index contributed by atoms with van der Waals surface area (Å²) >= 11 is 0. The molecule has 0 aliphatic carbocycles. The molecule has 37 heavy (non-hydrogen) atoms. The van der Waals surface area contributed by atoms with Gasteiger partial charge in [0.05, 0.1) is 24.8 Å². The lowest BCUT2D eigenvalue weighted by molar-refractivity contribution is 0.0708. The number of amides is 1. The number of H-pyrrole nitrogens is 1. The maximum atomic E-state index is 13.2. The van der Waals surface area contributed by atoms with Crippen LogP contribution >= 0.6 is 0 Å². The number of hydrogen-bond acceptors (Lipinski definition) is 8. The van der Waals surface area contributed by atoms with E-state index in [2.05, 4.69) is 42.2 Å². The third kappa shape index (κ3) is 4.81. The quantitative estimate of drug-likeness (QED) is 0.321. The molecular formula is C27H28N8O2. The Kier molecular flexibility index (Phi) is 6.33. The van der Waals surface area contributed by atoms with Crippen LogP contribution in [-0.2, 0) is 16.9 Å². The normalized spacial score (nSPS) is 18.5. The van der Waals surface area contributed by atoms with Gasteiger partial charge in [-0.25, -0.2) is 15.0 Å². The Labute approximate surface area is 214 Å². The first-order valence-corrected chi connectivity index (χ1v) is 12.4. The van der Waals surface area contributed by atoms with Crippen molar-refractivity contribution < 1.29 is 9.53 Å². The number of anilines is 1. The van der Waals surface area contributed by atoms with Gasteiger partial charge in [-0.1, -0.05) is 30.3 Å². The van der Waals surface area contributed by atoms with E-state index >= 15 is 0 Å². The molecule has 2 aromatic carbocycles. The van der Waals surface area contributed by atoms with Crippen molar-refractivity contribution in [3.63, 3.8) is 0 Å². The molecule has 10 nitrogen and oxygen atoms in total. The minimum atomic E-state index is -0.464. The lowest BCUT2D eigenvalue weighted by Crippen LogP contribution is -2.46. The molecule has 4 N–H and O–H groups in total. The number of rotatable bonds is 6. The van der Waals surface area contributed by atoms with Gasteiger partial charge in [0, 0.05) is 17.4 Å². The molecule has 2 aliphatic heterocycles. The van der Waals surface area contributed by atoms with Crippen molar-refractivity contribution in [2.75, 3.05) is 25.0 Å².